The molecule has 2 aromatic rings. The SMILES string of the molecule is O=C(Nc1nccs1)C1CCCN(CN2C(=O)NC3(CCc4ccccc4C3)C2=O)C1. The molecule has 1 aliphatic carbocycles. The lowest BCUT2D eigenvalue weighted by Crippen LogP contribution is -2.52. The Morgan fingerprint density at radius 2 is 2.13 bits per heavy atom. The number of carbonyl (C=O) groups excluding carboxylic acids is 3. The second-order valence-corrected chi connectivity index (χ2v) is 9.47. The summed E-state index contributed by atoms with van der Waals surface area (Å²) in [6.45, 7) is 1.49. The van der Waals surface area contributed by atoms with E-state index in [0.717, 1.165) is 31.4 Å². The molecule has 2 aliphatic heterocycles. The summed E-state index contributed by atoms with van der Waals surface area (Å²) in [6, 6.07) is 7.77. The molecule has 3 heterocycles. The van der Waals surface area contributed by atoms with Gasteiger partial charge in [-0.15, -0.1) is 11.3 Å². The highest BCUT2D eigenvalue weighted by Gasteiger charge is 2.52. The van der Waals surface area contributed by atoms with Crippen molar-refractivity contribution >= 4 is 34.3 Å². The third kappa shape index (κ3) is 3.83. The number of hydrogen-bond donors (Lipinski definition) is 2. The van der Waals surface area contributed by atoms with Gasteiger partial charge in [-0.25, -0.2) is 14.7 Å². The number of amides is 4. The lowest BCUT2D eigenvalue weighted by Gasteiger charge is -2.35. The number of carbonyl (C=O) groups is 3. The van der Waals surface area contributed by atoms with Crippen molar-refractivity contribution in [3.8, 4) is 0 Å². The second-order valence-electron chi connectivity index (χ2n) is 8.58. The molecule has 1 spiro atoms. The van der Waals surface area contributed by atoms with Crippen LogP contribution in [0, 0.1) is 5.92 Å². The van der Waals surface area contributed by atoms with Crippen LogP contribution in [-0.4, -0.2) is 57.9 Å². The van der Waals surface area contributed by atoms with Crippen LogP contribution in [0.5, 0.6) is 0 Å². The summed E-state index contributed by atoms with van der Waals surface area (Å²) < 4.78 is 0. The largest absolute Gasteiger partial charge is 0.326 e. The zero-order valence-corrected chi connectivity index (χ0v) is 18.0. The van der Waals surface area contributed by atoms with E-state index in [4.69, 9.17) is 0 Å². The molecule has 5 rings (SSSR count). The molecule has 2 fully saturated rings. The number of benzene rings is 1. The van der Waals surface area contributed by atoms with Crippen LogP contribution in [0.3, 0.4) is 0 Å². The van der Waals surface area contributed by atoms with E-state index in [0.29, 0.717) is 24.5 Å². The Morgan fingerprint density at radius 3 is 2.94 bits per heavy atom. The molecule has 31 heavy (non-hydrogen) atoms. The number of urea groups is 1. The first-order valence-electron chi connectivity index (χ1n) is 10.7. The Labute approximate surface area is 184 Å². The van der Waals surface area contributed by atoms with Crippen LogP contribution >= 0.6 is 11.3 Å². The summed E-state index contributed by atoms with van der Waals surface area (Å²) >= 11 is 1.39. The van der Waals surface area contributed by atoms with Crippen molar-refractivity contribution in [2.45, 2.75) is 37.6 Å². The van der Waals surface area contributed by atoms with Crippen LogP contribution < -0.4 is 10.6 Å². The van der Waals surface area contributed by atoms with Gasteiger partial charge in [0.2, 0.25) is 5.91 Å². The van der Waals surface area contributed by atoms with Crippen LogP contribution in [0.15, 0.2) is 35.8 Å². The Morgan fingerprint density at radius 1 is 1.29 bits per heavy atom. The minimum absolute atomic E-state index is 0.0581. The standard InChI is InChI=1S/C22H25N5O3S/c28-18(24-20-23-9-11-31-20)17-6-3-10-26(13-17)14-27-19(29)22(25-21(27)30)8-7-15-4-1-2-5-16(15)12-22/h1-2,4-5,9,11,17H,3,6-8,10,12-14H2,(H,25,30)(H,23,24,28). The monoisotopic (exact) mass is 439 g/mol. The van der Waals surface area contributed by atoms with Crippen molar-refractivity contribution in [1.29, 1.82) is 0 Å². The van der Waals surface area contributed by atoms with Crippen molar-refractivity contribution in [2.75, 3.05) is 25.1 Å². The molecular weight excluding hydrogens is 414 g/mol. The molecule has 1 aromatic heterocycles. The molecule has 0 bridgehead atoms. The molecule has 2 atom stereocenters. The third-order valence-electron chi connectivity index (χ3n) is 6.56. The highest BCUT2D eigenvalue weighted by Crippen LogP contribution is 2.34. The van der Waals surface area contributed by atoms with Gasteiger partial charge in [0.1, 0.15) is 5.54 Å². The van der Waals surface area contributed by atoms with Gasteiger partial charge in [0.25, 0.3) is 5.91 Å². The Hall–Kier alpha value is -2.78. The Kier molecular flexibility index (Phi) is 5.23. The highest BCUT2D eigenvalue weighted by molar-refractivity contribution is 7.13. The van der Waals surface area contributed by atoms with E-state index >= 15 is 0 Å². The molecule has 9 heteroatoms. The number of piperidine rings is 1. The van der Waals surface area contributed by atoms with Crippen molar-refractivity contribution < 1.29 is 14.4 Å². The summed E-state index contributed by atoms with van der Waals surface area (Å²) in [5.41, 5.74) is 1.53. The summed E-state index contributed by atoms with van der Waals surface area (Å²) in [5.74, 6) is -0.396. The number of thiazole rings is 1. The number of rotatable bonds is 4. The average molecular weight is 440 g/mol. The minimum atomic E-state index is -0.844. The molecule has 3 aliphatic rings. The molecule has 2 saturated heterocycles. The maximum Gasteiger partial charge on any atom is 0.326 e. The Balaban J connectivity index is 1.24. The average Bonchev–Trinajstić information content (AvgIpc) is 3.36. The van der Waals surface area contributed by atoms with E-state index in [1.54, 1.807) is 6.20 Å². The number of aryl methyl sites for hydroxylation is 1. The first-order valence-corrected chi connectivity index (χ1v) is 11.6. The van der Waals surface area contributed by atoms with Gasteiger partial charge < -0.3 is 10.6 Å². The van der Waals surface area contributed by atoms with Crippen molar-refractivity contribution in [1.82, 2.24) is 20.1 Å². The fourth-order valence-corrected chi connectivity index (χ4v) is 5.45. The highest BCUT2D eigenvalue weighted by atomic mass is 32.1. The quantitative estimate of drug-likeness (QED) is 0.713. The maximum atomic E-state index is 13.3. The van der Waals surface area contributed by atoms with Crippen LogP contribution in [0.1, 0.15) is 30.4 Å². The number of nitrogens with one attached hydrogen (secondary N) is 2. The van der Waals surface area contributed by atoms with Crippen LogP contribution in [0.25, 0.3) is 0 Å². The predicted molar refractivity (Wildman–Crippen MR) is 116 cm³/mol. The van der Waals surface area contributed by atoms with E-state index in [9.17, 15) is 14.4 Å². The van der Waals surface area contributed by atoms with Gasteiger partial charge in [0, 0.05) is 24.5 Å². The van der Waals surface area contributed by atoms with Crippen molar-refractivity contribution in [3.05, 3.63) is 47.0 Å². The minimum Gasteiger partial charge on any atom is -0.323 e. The van der Waals surface area contributed by atoms with Crippen LogP contribution in [-0.2, 0) is 22.4 Å². The van der Waals surface area contributed by atoms with Gasteiger partial charge in [0.15, 0.2) is 5.13 Å². The predicted octanol–water partition coefficient (Wildman–Crippen LogP) is 2.23. The fraction of sp³-hybridized carbons (Fsp3) is 0.455. The van der Waals surface area contributed by atoms with Crippen molar-refractivity contribution in [3.63, 3.8) is 0 Å². The van der Waals surface area contributed by atoms with Gasteiger partial charge in [-0.05, 0) is 43.4 Å². The number of likely N-dealkylation sites (tertiary alicyclic amines) is 1. The molecule has 1 aromatic carbocycles. The van der Waals surface area contributed by atoms with Gasteiger partial charge in [0.05, 0.1) is 12.6 Å². The summed E-state index contributed by atoms with van der Waals surface area (Å²) in [5, 5.41) is 8.26. The first-order chi connectivity index (χ1) is 15.0. The number of imide groups is 1. The normalized spacial score (nSPS) is 26.1. The molecule has 0 radical (unpaired) electrons. The van der Waals surface area contributed by atoms with Gasteiger partial charge >= 0.3 is 6.03 Å². The van der Waals surface area contributed by atoms with Crippen LogP contribution in [0.4, 0.5) is 9.93 Å². The van der Waals surface area contributed by atoms with E-state index in [1.807, 2.05) is 28.5 Å². The fourth-order valence-electron chi connectivity index (χ4n) is 4.92. The third-order valence-corrected chi connectivity index (χ3v) is 7.25. The molecule has 2 unspecified atom stereocenters. The topological polar surface area (TPSA) is 94.6 Å². The van der Waals surface area contributed by atoms with E-state index < -0.39 is 5.54 Å². The van der Waals surface area contributed by atoms with Gasteiger partial charge in [-0.3, -0.25) is 14.5 Å². The summed E-state index contributed by atoms with van der Waals surface area (Å²) in [4.78, 5) is 46.2. The van der Waals surface area contributed by atoms with E-state index in [2.05, 4.69) is 21.7 Å². The molecule has 0 saturated carbocycles. The second kappa shape index (κ2) is 8.05. The van der Waals surface area contributed by atoms with E-state index in [1.165, 1.54) is 21.8 Å². The maximum absolute atomic E-state index is 13.3. The molecule has 2 N–H and O–H groups in total. The van der Waals surface area contributed by atoms with Gasteiger partial charge in [-0.2, -0.15) is 0 Å². The lowest BCUT2D eigenvalue weighted by atomic mass is 9.78. The molecule has 4 amide bonds. The summed E-state index contributed by atoms with van der Waals surface area (Å²) in [6.07, 6.45) is 5.21. The molecule has 8 nitrogen and oxygen atoms in total. The van der Waals surface area contributed by atoms with Gasteiger partial charge in [-0.1, -0.05) is 24.3 Å². The molecule has 162 valence electrons. The smallest absolute Gasteiger partial charge is 0.323 e. The lowest BCUT2D eigenvalue weighted by molar-refractivity contribution is -0.133. The number of nitrogens with zero attached hydrogens (tertiary/aromatic N) is 3. The number of fused-ring (bicyclic) bond motifs is 1. The zero-order chi connectivity index (χ0) is 21.4. The Bertz CT molecular complexity index is 1010. The van der Waals surface area contributed by atoms with Crippen LogP contribution in [0.2, 0.25) is 0 Å². The summed E-state index contributed by atoms with van der Waals surface area (Å²) in [7, 11) is 0. The number of anilines is 1. The zero-order valence-electron chi connectivity index (χ0n) is 17.2. The van der Waals surface area contributed by atoms with E-state index in [-0.39, 0.29) is 30.4 Å². The number of aromatic nitrogens is 1. The first kappa shape index (κ1) is 20.1. The van der Waals surface area contributed by atoms with Crippen molar-refractivity contribution in [2.24, 2.45) is 5.92 Å². The molecular formula is C22H25N5O3S. The number of hydrogen-bond acceptors (Lipinski definition) is 6.